The lowest BCUT2D eigenvalue weighted by Crippen LogP contribution is -2.31. The molecule has 2 heteroatoms. The molecule has 0 spiro atoms. The number of nitriles is 1. The Bertz CT molecular complexity index is 445. The number of anilines is 1. The highest BCUT2D eigenvalue weighted by molar-refractivity contribution is 5.49. The molecule has 0 amide bonds. The minimum atomic E-state index is 0.171. The predicted octanol–water partition coefficient (Wildman–Crippen LogP) is 4.05. The minimum Gasteiger partial charge on any atom is -0.381 e. The molecule has 1 saturated carbocycles. The van der Waals surface area contributed by atoms with E-state index in [0.29, 0.717) is 6.04 Å². The van der Waals surface area contributed by atoms with Crippen molar-refractivity contribution >= 4 is 5.69 Å². The van der Waals surface area contributed by atoms with Crippen LogP contribution in [0.3, 0.4) is 0 Å². The molecule has 1 aromatic rings. The summed E-state index contributed by atoms with van der Waals surface area (Å²) in [6.45, 7) is 4.34. The summed E-state index contributed by atoms with van der Waals surface area (Å²) in [5.41, 5.74) is 3.91. The second-order valence-electron chi connectivity index (χ2n) is 5.27. The third kappa shape index (κ3) is 2.85. The van der Waals surface area contributed by atoms with E-state index in [1.165, 1.54) is 24.0 Å². The van der Waals surface area contributed by atoms with E-state index >= 15 is 0 Å². The van der Waals surface area contributed by atoms with E-state index in [4.69, 9.17) is 0 Å². The monoisotopic (exact) mass is 242 g/mol. The van der Waals surface area contributed by atoms with Crippen molar-refractivity contribution in [2.24, 2.45) is 5.92 Å². The van der Waals surface area contributed by atoms with Crippen LogP contribution in [0.1, 0.15) is 43.7 Å². The molecule has 1 fully saturated rings. The van der Waals surface area contributed by atoms with Gasteiger partial charge in [-0.15, -0.1) is 0 Å². The van der Waals surface area contributed by atoms with Crippen molar-refractivity contribution in [2.75, 3.05) is 5.32 Å². The van der Waals surface area contributed by atoms with Gasteiger partial charge in [0.05, 0.1) is 12.0 Å². The van der Waals surface area contributed by atoms with Crippen molar-refractivity contribution in [3.05, 3.63) is 29.3 Å². The fraction of sp³-hybridized carbons (Fsp3) is 0.562. The van der Waals surface area contributed by atoms with Crippen LogP contribution in [0, 0.1) is 24.2 Å². The highest BCUT2D eigenvalue weighted by Gasteiger charge is 2.24. The van der Waals surface area contributed by atoms with E-state index in [9.17, 15) is 5.26 Å². The molecule has 2 atom stereocenters. The maximum atomic E-state index is 9.19. The van der Waals surface area contributed by atoms with E-state index in [1.807, 2.05) is 0 Å². The minimum absolute atomic E-state index is 0.171. The Morgan fingerprint density at radius 3 is 2.78 bits per heavy atom. The molecule has 0 aliphatic heterocycles. The number of nitrogens with zero attached hydrogens (tertiary/aromatic N) is 1. The summed E-state index contributed by atoms with van der Waals surface area (Å²) in [5, 5.41) is 12.7. The molecule has 1 aromatic carbocycles. The van der Waals surface area contributed by atoms with Crippen molar-refractivity contribution in [1.82, 2.24) is 0 Å². The Morgan fingerprint density at radius 2 is 2.11 bits per heavy atom. The van der Waals surface area contributed by atoms with Crippen LogP contribution in [-0.4, -0.2) is 6.04 Å². The predicted molar refractivity (Wildman–Crippen MR) is 75.5 cm³/mol. The number of aryl methyl sites for hydroxylation is 2. The van der Waals surface area contributed by atoms with Crippen molar-refractivity contribution in [2.45, 2.75) is 52.0 Å². The zero-order valence-electron chi connectivity index (χ0n) is 11.4. The van der Waals surface area contributed by atoms with Crippen molar-refractivity contribution in [1.29, 1.82) is 5.26 Å². The smallest absolute Gasteiger partial charge is 0.0677 e. The molecule has 0 saturated heterocycles. The van der Waals surface area contributed by atoms with E-state index < -0.39 is 0 Å². The largest absolute Gasteiger partial charge is 0.381 e. The SMILES string of the molecule is CCc1ccc(NC2CCCCC2C#N)cc1C. The van der Waals surface area contributed by atoms with Crippen LogP contribution in [0.5, 0.6) is 0 Å². The van der Waals surface area contributed by atoms with Gasteiger partial charge in [-0.05, 0) is 49.4 Å². The standard InChI is InChI=1S/C16H22N2/c1-3-13-8-9-15(10-12(13)2)18-16-7-5-4-6-14(16)11-17/h8-10,14,16,18H,3-7H2,1-2H3. The first-order chi connectivity index (χ1) is 8.74. The first kappa shape index (κ1) is 13.0. The van der Waals surface area contributed by atoms with Crippen LogP contribution < -0.4 is 5.32 Å². The lowest BCUT2D eigenvalue weighted by Gasteiger charge is -2.28. The van der Waals surface area contributed by atoms with Gasteiger partial charge in [0, 0.05) is 11.7 Å². The maximum Gasteiger partial charge on any atom is 0.0677 e. The van der Waals surface area contributed by atoms with Crippen molar-refractivity contribution in [3.8, 4) is 6.07 Å². The van der Waals surface area contributed by atoms with Gasteiger partial charge >= 0.3 is 0 Å². The lowest BCUT2D eigenvalue weighted by molar-refractivity contribution is 0.389. The lowest BCUT2D eigenvalue weighted by atomic mass is 9.85. The third-order valence-electron chi connectivity index (χ3n) is 4.01. The molecule has 18 heavy (non-hydrogen) atoms. The summed E-state index contributed by atoms with van der Waals surface area (Å²) in [6.07, 6.45) is 5.68. The molecule has 1 N–H and O–H groups in total. The molecule has 2 unspecified atom stereocenters. The molecular formula is C16H22N2. The molecule has 2 rings (SSSR count). The quantitative estimate of drug-likeness (QED) is 0.868. The van der Waals surface area contributed by atoms with E-state index in [0.717, 1.165) is 24.9 Å². The highest BCUT2D eigenvalue weighted by atomic mass is 14.9. The molecule has 0 radical (unpaired) electrons. The molecule has 0 bridgehead atoms. The first-order valence-electron chi connectivity index (χ1n) is 7.00. The van der Waals surface area contributed by atoms with Gasteiger partial charge < -0.3 is 5.32 Å². The summed E-state index contributed by atoms with van der Waals surface area (Å²) in [5.74, 6) is 0.171. The fourth-order valence-corrected chi connectivity index (χ4v) is 2.85. The van der Waals surface area contributed by atoms with Crippen LogP contribution in [0.25, 0.3) is 0 Å². The Hall–Kier alpha value is -1.49. The number of benzene rings is 1. The van der Waals surface area contributed by atoms with Crippen molar-refractivity contribution in [3.63, 3.8) is 0 Å². The molecule has 0 heterocycles. The van der Waals surface area contributed by atoms with Gasteiger partial charge in [-0.2, -0.15) is 5.26 Å². The van der Waals surface area contributed by atoms with Gasteiger partial charge in [0.25, 0.3) is 0 Å². The second-order valence-corrected chi connectivity index (χ2v) is 5.27. The summed E-state index contributed by atoms with van der Waals surface area (Å²) >= 11 is 0. The van der Waals surface area contributed by atoms with Gasteiger partial charge in [0.1, 0.15) is 0 Å². The summed E-state index contributed by atoms with van der Waals surface area (Å²) < 4.78 is 0. The Morgan fingerprint density at radius 1 is 1.33 bits per heavy atom. The third-order valence-corrected chi connectivity index (χ3v) is 4.01. The maximum absolute atomic E-state index is 9.19. The van der Waals surface area contributed by atoms with Gasteiger partial charge in [-0.25, -0.2) is 0 Å². The Labute approximate surface area is 110 Å². The normalized spacial score (nSPS) is 23.4. The van der Waals surface area contributed by atoms with Crippen LogP contribution in [0.2, 0.25) is 0 Å². The zero-order chi connectivity index (χ0) is 13.0. The molecule has 1 aliphatic carbocycles. The van der Waals surface area contributed by atoms with Gasteiger partial charge in [0.2, 0.25) is 0 Å². The molecular weight excluding hydrogens is 220 g/mol. The molecule has 2 nitrogen and oxygen atoms in total. The average Bonchev–Trinajstić information content (AvgIpc) is 2.39. The van der Waals surface area contributed by atoms with Crippen LogP contribution in [0.15, 0.2) is 18.2 Å². The summed E-state index contributed by atoms with van der Waals surface area (Å²) in [4.78, 5) is 0. The Balaban J connectivity index is 2.08. The van der Waals surface area contributed by atoms with Gasteiger partial charge in [-0.3, -0.25) is 0 Å². The van der Waals surface area contributed by atoms with Gasteiger partial charge in [0.15, 0.2) is 0 Å². The first-order valence-corrected chi connectivity index (χ1v) is 7.00. The summed E-state index contributed by atoms with van der Waals surface area (Å²) in [6, 6.07) is 9.33. The molecule has 96 valence electrons. The number of nitrogens with one attached hydrogen (secondary N) is 1. The number of hydrogen-bond donors (Lipinski definition) is 1. The fourth-order valence-electron chi connectivity index (χ4n) is 2.85. The molecule has 1 aliphatic rings. The Kier molecular flexibility index (Phi) is 4.25. The van der Waals surface area contributed by atoms with E-state index in [2.05, 4.69) is 43.4 Å². The van der Waals surface area contributed by atoms with Crippen LogP contribution in [-0.2, 0) is 6.42 Å². The topological polar surface area (TPSA) is 35.8 Å². The van der Waals surface area contributed by atoms with Crippen LogP contribution >= 0.6 is 0 Å². The number of hydrogen-bond acceptors (Lipinski definition) is 2. The van der Waals surface area contributed by atoms with Crippen molar-refractivity contribution < 1.29 is 0 Å². The van der Waals surface area contributed by atoms with Crippen LogP contribution in [0.4, 0.5) is 5.69 Å². The number of rotatable bonds is 3. The zero-order valence-corrected chi connectivity index (χ0v) is 11.4. The average molecular weight is 242 g/mol. The van der Waals surface area contributed by atoms with E-state index in [1.54, 1.807) is 0 Å². The van der Waals surface area contributed by atoms with Gasteiger partial charge in [-0.1, -0.05) is 25.8 Å². The molecule has 0 aromatic heterocycles. The summed E-state index contributed by atoms with van der Waals surface area (Å²) in [7, 11) is 0. The van der Waals surface area contributed by atoms with E-state index in [-0.39, 0.29) is 5.92 Å². The second kappa shape index (κ2) is 5.91. The highest BCUT2D eigenvalue weighted by Crippen LogP contribution is 2.27.